The van der Waals surface area contributed by atoms with Crippen LogP contribution in [0, 0.1) is 6.92 Å². The highest BCUT2D eigenvalue weighted by Crippen LogP contribution is 2.17. The molecule has 0 unspecified atom stereocenters. The summed E-state index contributed by atoms with van der Waals surface area (Å²) in [6.45, 7) is 2.74. The van der Waals surface area contributed by atoms with Crippen molar-refractivity contribution in [2.24, 2.45) is 10.7 Å². The van der Waals surface area contributed by atoms with Crippen molar-refractivity contribution in [2.45, 2.75) is 13.3 Å². The van der Waals surface area contributed by atoms with Crippen molar-refractivity contribution in [3.63, 3.8) is 0 Å². The molecule has 0 saturated carbocycles. The van der Waals surface area contributed by atoms with Crippen molar-refractivity contribution in [3.05, 3.63) is 101 Å². The van der Waals surface area contributed by atoms with Crippen LogP contribution in [-0.2, 0) is 6.42 Å². The number of nitrogens with one attached hydrogen (secondary N) is 2. The number of fused-ring (bicyclic) bond motifs is 1. The third-order valence-corrected chi connectivity index (χ3v) is 5.81. The van der Waals surface area contributed by atoms with Gasteiger partial charge in [0.05, 0.1) is 16.8 Å². The number of nitrogens with zero attached hydrogens (tertiary/aromatic N) is 2. The molecule has 5 nitrogen and oxygen atoms in total. The van der Waals surface area contributed by atoms with Crippen molar-refractivity contribution < 1.29 is 0 Å². The number of amidine groups is 1. The molecule has 4 N–H and O–H groups in total. The van der Waals surface area contributed by atoms with Gasteiger partial charge in [-0.25, -0.2) is 4.98 Å². The standard InChI is InChI=1S/C16H16N4S.C9H9N/c17-16(14-7-4-10-21-14)18-9-8-15-19-11-13(20-15)12-5-2-1-3-6-12;1-7-6-10-9-5-3-2-4-8(7)9/h1-7,10-11H,8-9H2,(H2,17,18)(H,19,20);2-6,10H,1H3. The molecule has 0 spiro atoms. The highest BCUT2D eigenvalue weighted by molar-refractivity contribution is 7.12. The Morgan fingerprint density at radius 3 is 2.61 bits per heavy atom. The predicted molar refractivity (Wildman–Crippen MR) is 131 cm³/mol. The first-order valence-corrected chi connectivity index (χ1v) is 11.0. The van der Waals surface area contributed by atoms with Crippen molar-refractivity contribution in [1.82, 2.24) is 15.0 Å². The summed E-state index contributed by atoms with van der Waals surface area (Å²) >= 11 is 1.60. The lowest BCUT2D eigenvalue weighted by molar-refractivity contribution is 0.894. The number of para-hydroxylation sites is 1. The number of thiophene rings is 1. The van der Waals surface area contributed by atoms with E-state index in [-0.39, 0.29) is 0 Å². The summed E-state index contributed by atoms with van der Waals surface area (Å²) in [5, 5.41) is 3.32. The van der Waals surface area contributed by atoms with Crippen LogP contribution in [0.4, 0.5) is 0 Å². The molecule has 5 rings (SSSR count). The zero-order chi connectivity index (χ0) is 21.5. The number of H-pyrrole nitrogens is 2. The zero-order valence-electron chi connectivity index (χ0n) is 17.4. The molecule has 31 heavy (non-hydrogen) atoms. The number of aryl methyl sites for hydroxylation is 1. The van der Waals surface area contributed by atoms with Gasteiger partial charge >= 0.3 is 0 Å². The fourth-order valence-electron chi connectivity index (χ4n) is 3.26. The van der Waals surface area contributed by atoms with Gasteiger partial charge in [-0.1, -0.05) is 54.6 Å². The number of hydrogen-bond donors (Lipinski definition) is 3. The topological polar surface area (TPSA) is 82.8 Å². The molecular weight excluding hydrogens is 402 g/mol. The Kier molecular flexibility index (Phi) is 6.59. The Bertz CT molecular complexity index is 1250. The number of aliphatic imine (C=N–C) groups is 1. The number of aromatic amines is 2. The van der Waals surface area contributed by atoms with Crippen LogP contribution in [0.2, 0.25) is 0 Å². The molecule has 0 fully saturated rings. The van der Waals surface area contributed by atoms with Gasteiger partial charge in [-0.3, -0.25) is 4.99 Å². The molecular formula is C25H25N5S. The van der Waals surface area contributed by atoms with E-state index in [2.05, 4.69) is 57.2 Å². The van der Waals surface area contributed by atoms with Gasteiger partial charge in [0.2, 0.25) is 0 Å². The molecule has 0 saturated heterocycles. The fourth-order valence-corrected chi connectivity index (χ4v) is 3.90. The molecule has 0 amide bonds. The summed E-state index contributed by atoms with van der Waals surface area (Å²) in [7, 11) is 0. The first-order valence-electron chi connectivity index (χ1n) is 10.2. The van der Waals surface area contributed by atoms with Crippen LogP contribution in [0.15, 0.2) is 89.5 Å². The number of rotatable bonds is 5. The average molecular weight is 428 g/mol. The average Bonchev–Trinajstić information content (AvgIpc) is 3.57. The smallest absolute Gasteiger partial charge is 0.135 e. The van der Waals surface area contributed by atoms with Crippen LogP contribution in [0.25, 0.3) is 22.2 Å². The molecule has 3 aromatic heterocycles. The lowest BCUT2D eigenvalue weighted by atomic mass is 10.2. The maximum absolute atomic E-state index is 5.93. The monoisotopic (exact) mass is 427 g/mol. The quantitative estimate of drug-likeness (QED) is 0.253. The number of aromatic nitrogens is 3. The largest absolute Gasteiger partial charge is 0.383 e. The maximum Gasteiger partial charge on any atom is 0.135 e. The Hall–Kier alpha value is -3.64. The highest BCUT2D eigenvalue weighted by atomic mass is 32.1. The van der Waals surface area contributed by atoms with Gasteiger partial charge < -0.3 is 15.7 Å². The number of imidazole rings is 1. The SMILES string of the molecule is Cc1c[nH]c2ccccc12.NC(=NCCc1ncc(-c2ccccc2)[nH]1)c1cccs1. The lowest BCUT2D eigenvalue weighted by Crippen LogP contribution is -2.12. The molecule has 3 heterocycles. The summed E-state index contributed by atoms with van der Waals surface area (Å²) in [6, 6.07) is 22.4. The Balaban J connectivity index is 0.000000192. The second-order valence-corrected chi connectivity index (χ2v) is 8.07. The Labute approximate surface area is 185 Å². The molecule has 0 bridgehead atoms. The minimum absolute atomic E-state index is 0.597. The van der Waals surface area contributed by atoms with Gasteiger partial charge in [0.1, 0.15) is 11.7 Å². The zero-order valence-corrected chi connectivity index (χ0v) is 18.2. The van der Waals surface area contributed by atoms with Crippen LogP contribution < -0.4 is 5.73 Å². The van der Waals surface area contributed by atoms with E-state index in [9.17, 15) is 0 Å². The first-order chi connectivity index (χ1) is 15.2. The first kappa shape index (κ1) is 20.6. The van der Waals surface area contributed by atoms with Crippen molar-refractivity contribution in [3.8, 4) is 11.3 Å². The summed E-state index contributed by atoms with van der Waals surface area (Å²) < 4.78 is 0. The minimum Gasteiger partial charge on any atom is -0.383 e. The molecule has 0 aliphatic carbocycles. The Morgan fingerprint density at radius 2 is 1.84 bits per heavy atom. The van der Waals surface area contributed by atoms with E-state index >= 15 is 0 Å². The maximum atomic E-state index is 5.93. The third-order valence-electron chi connectivity index (χ3n) is 4.91. The molecule has 5 aromatic rings. The molecule has 156 valence electrons. The Morgan fingerprint density at radius 1 is 1.03 bits per heavy atom. The minimum atomic E-state index is 0.597. The van der Waals surface area contributed by atoms with E-state index in [0.29, 0.717) is 12.4 Å². The number of hydrogen-bond acceptors (Lipinski definition) is 3. The van der Waals surface area contributed by atoms with Gasteiger partial charge in [0.25, 0.3) is 0 Å². The molecule has 2 aromatic carbocycles. The molecule has 6 heteroatoms. The second-order valence-electron chi connectivity index (χ2n) is 7.12. The van der Waals surface area contributed by atoms with Crippen molar-refractivity contribution in [1.29, 1.82) is 0 Å². The van der Waals surface area contributed by atoms with E-state index in [1.54, 1.807) is 11.3 Å². The van der Waals surface area contributed by atoms with E-state index in [1.807, 2.05) is 54.2 Å². The fraction of sp³-hybridized carbons (Fsp3) is 0.120. The molecule has 0 aliphatic heterocycles. The van der Waals surface area contributed by atoms with Gasteiger partial charge in [-0.15, -0.1) is 11.3 Å². The van der Waals surface area contributed by atoms with Gasteiger partial charge in [0.15, 0.2) is 0 Å². The van der Waals surface area contributed by atoms with Crippen molar-refractivity contribution >= 4 is 28.1 Å². The summed E-state index contributed by atoms with van der Waals surface area (Å²) in [4.78, 5) is 16.3. The molecule has 0 aliphatic rings. The third kappa shape index (κ3) is 5.29. The van der Waals surface area contributed by atoms with Gasteiger partial charge in [0, 0.05) is 30.1 Å². The number of benzene rings is 2. The lowest BCUT2D eigenvalue weighted by Gasteiger charge is -1.98. The second kappa shape index (κ2) is 9.91. The van der Waals surface area contributed by atoms with Gasteiger partial charge in [-0.05, 0) is 35.6 Å². The molecule has 0 atom stereocenters. The summed E-state index contributed by atoms with van der Waals surface area (Å²) in [6.07, 6.45) is 4.64. The number of nitrogens with two attached hydrogens (primary N) is 1. The normalized spacial score (nSPS) is 11.3. The molecule has 0 radical (unpaired) electrons. The van der Waals surface area contributed by atoms with E-state index in [0.717, 1.165) is 28.4 Å². The van der Waals surface area contributed by atoms with E-state index in [4.69, 9.17) is 5.73 Å². The summed E-state index contributed by atoms with van der Waals surface area (Å²) in [5.41, 5.74) is 10.6. The van der Waals surface area contributed by atoms with Crippen LogP contribution in [0.5, 0.6) is 0 Å². The van der Waals surface area contributed by atoms with E-state index in [1.165, 1.54) is 16.5 Å². The predicted octanol–water partition coefficient (Wildman–Crippen LogP) is 5.56. The highest BCUT2D eigenvalue weighted by Gasteiger charge is 2.03. The van der Waals surface area contributed by atoms with E-state index < -0.39 is 0 Å². The van der Waals surface area contributed by atoms with Crippen molar-refractivity contribution in [2.75, 3.05) is 6.54 Å². The van der Waals surface area contributed by atoms with Crippen LogP contribution in [0.3, 0.4) is 0 Å². The van der Waals surface area contributed by atoms with Crippen LogP contribution in [-0.4, -0.2) is 27.3 Å². The summed E-state index contributed by atoms with van der Waals surface area (Å²) in [5.74, 6) is 1.52. The van der Waals surface area contributed by atoms with Gasteiger partial charge in [-0.2, -0.15) is 0 Å². The van der Waals surface area contributed by atoms with Crippen LogP contribution >= 0.6 is 11.3 Å². The van der Waals surface area contributed by atoms with Crippen LogP contribution in [0.1, 0.15) is 16.3 Å².